The van der Waals surface area contributed by atoms with E-state index in [0.29, 0.717) is 0 Å². The Hall–Kier alpha value is -1.09. The highest BCUT2D eigenvalue weighted by Crippen LogP contribution is 2.59. The van der Waals surface area contributed by atoms with E-state index in [2.05, 4.69) is 28.9 Å². The normalized spacial score (nSPS) is 31.9. The van der Waals surface area contributed by atoms with Crippen LogP contribution in [0.3, 0.4) is 0 Å². The van der Waals surface area contributed by atoms with Crippen molar-refractivity contribution in [2.24, 2.45) is 11.3 Å². The third kappa shape index (κ3) is 1.81. The zero-order valence-corrected chi connectivity index (χ0v) is 11.3. The fourth-order valence-corrected chi connectivity index (χ4v) is 3.41. The van der Waals surface area contributed by atoms with Gasteiger partial charge in [0.1, 0.15) is 0 Å². The van der Waals surface area contributed by atoms with Gasteiger partial charge in [-0.2, -0.15) is 0 Å². The Morgan fingerprint density at radius 3 is 3.00 bits per heavy atom. The lowest BCUT2D eigenvalue weighted by molar-refractivity contribution is 0.0961. The largest absolute Gasteiger partial charge is 0.393 e. The molecule has 0 aromatic carbocycles. The first-order valence-corrected chi connectivity index (χ1v) is 7.03. The molecule has 3 rings (SSSR count). The van der Waals surface area contributed by atoms with Gasteiger partial charge < -0.3 is 10.0 Å². The van der Waals surface area contributed by atoms with Crippen molar-refractivity contribution in [2.75, 3.05) is 18.0 Å². The van der Waals surface area contributed by atoms with Crippen molar-refractivity contribution in [3.63, 3.8) is 0 Å². The van der Waals surface area contributed by atoms with Crippen molar-refractivity contribution >= 4 is 5.69 Å². The molecule has 0 amide bonds. The SMILES string of the molecule is CCc1ccc(N2CCC3CC3([C@H](C)O)C2)cn1. The fraction of sp³-hybridized carbons (Fsp3) is 0.667. The highest BCUT2D eigenvalue weighted by atomic mass is 16.3. The lowest BCUT2D eigenvalue weighted by atomic mass is 9.92. The van der Waals surface area contributed by atoms with E-state index in [1.54, 1.807) is 0 Å². The molecule has 3 atom stereocenters. The molecule has 2 heterocycles. The number of hydrogen-bond donors (Lipinski definition) is 1. The number of fused-ring (bicyclic) bond motifs is 1. The van der Waals surface area contributed by atoms with Gasteiger partial charge in [-0.1, -0.05) is 6.92 Å². The molecule has 2 unspecified atom stereocenters. The molecule has 1 aliphatic carbocycles. The second-order valence-corrected chi connectivity index (χ2v) is 5.88. The third-order valence-electron chi connectivity index (χ3n) is 4.88. The Balaban J connectivity index is 1.76. The van der Waals surface area contributed by atoms with E-state index in [1.165, 1.54) is 18.5 Å². The molecule has 1 saturated carbocycles. The fourth-order valence-electron chi connectivity index (χ4n) is 3.41. The predicted molar refractivity (Wildman–Crippen MR) is 72.7 cm³/mol. The van der Waals surface area contributed by atoms with E-state index in [0.717, 1.165) is 31.1 Å². The van der Waals surface area contributed by atoms with Crippen LogP contribution in [0, 0.1) is 11.3 Å². The summed E-state index contributed by atoms with van der Waals surface area (Å²) in [5.74, 6) is 0.747. The number of hydrogen-bond acceptors (Lipinski definition) is 3. The number of rotatable bonds is 3. The van der Waals surface area contributed by atoms with E-state index in [-0.39, 0.29) is 11.5 Å². The van der Waals surface area contributed by atoms with Gasteiger partial charge in [0.15, 0.2) is 0 Å². The lowest BCUT2D eigenvalue weighted by Gasteiger charge is -2.35. The van der Waals surface area contributed by atoms with Gasteiger partial charge in [-0.05, 0) is 44.2 Å². The Kier molecular flexibility index (Phi) is 2.81. The summed E-state index contributed by atoms with van der Waals surface area (Å²) in [7, 11) is 0. The average molecular weight is 246 g/mol. The molecule has 2 aliphatic rings. The second kappa shape index (κ2) is 4.23. The van der Waals surface area contributed by atoms with Crippen molar-refractivity contribution in [3.05, 3.63) is 24.0 Å². The standard InChI is InChI=1S/C15H22N2O/c1-3-13-4-5-14(9-16-13)17-7-6-12-8-15(12,10-17)11(2)18/h4-5,9,11-12,18H,3,6-8,10H2,1-2H3/t11-,12?,15?/m0/s1. The van der Waals surface area contributed by atoms with Crippen LogP contribution in [0.25, 0.3) is 0 Å². The van der Waals surface area contributed by atoms with Gasteiger partial charge >= 0.3 is 0 Å². The topological polar surface area (TPSA) is 36.4 Å². The Morgan fingerprint density at radius 2 is 2.39 bits per heavy atom. The van der Waals surface area contributed by atoms with Crippen LogP contribution in [0.5, 0.6) is 0 Å². The van der Waals surface area contributed by atoms with Crippen LogP contribution in [0.1, 0.15) is 32.4 Å². The first-order chi connectivity index (χ1) is 8.65. The number of aryl methyl sites for hydroxylation is 1. The highest BCUT2D eigenvalue weighted by molar-refractivity contribution is 5.46. The number of aliphatic hydroxyl groups excluding tert-OH is 1. The summed E-state index contributed by atoms with van der Waals surface area (Å²) in [6, 6.07) is 4.29. The van der Waals surface area contributed by atoms with Crippen molar-refractivity contribution in [3.8, 4) is 0 Å². The lowest BCUT2D eigenvalue weighted by Crippen LogP contribution is -2.41. The summed E-state index contributed by atoms with van der Waals surface area (Å²) < 4.78 is 0. The van der Waals surface area contributed by atoms with Crippen molar-refractivity contribution in [1.82, 2.24) is 4.98 Å². The zero-order valence-electron chi connectivity index (χ0n) is 11.3. The summed E-state index contributed by atoms with van der Waals surface area (Å²) in [4.78, 5) is 6.87. The maximum absolute atomic E-state index is 9.98. The molecule has 1 saturated heterocycles. The summed E-state index contributed by atoms with van der Waals surface area (Å²) in [5.41, 5.74) is 2.52. The highest BCUT2D eigenvalue weighted by Gasteiger charge is 2.59. The van der Waals surface area contributed by atoms with Gasteiger partial charge in [0, 0.05) is 24.2 Å². The molecule has 1 aromatic rings. The molecule has 2 fully saturated rings. The molecule has 18 heavy (non-hydrogen) atoms. The molecular weight excluding hydrogens is 224 g/mol. The van der Waals surface area contributed by atoms with Crippen LogP contribution < -0.4 is 4.90 Å². The van der Waals surface area contributed by atoms with E-state index < -0.39 is 0 Å². The van der Waals surface area contributed by atoms with Crippen LogP contribution in [-0.2, 0) is 6.42 Å². The second-order valence-electron chi connectivity index (χ2n) is 5.88. The van der Waals surface area contributed by atoms with Gasteiger partial charge in [0.05, 0.1) is 18.0 Å². The summed E-state index contributed by atoms with van der Waals surface area (Å²) in [5, 5.41) is 9.98. The smallest absolute Gasteiger partial charge is 0.0588 e. The van der Waals surface area contributed by atoms with Crippen LogP contribution in [-0.4, -0.2) is 29.3 Å². The monoisotopic (exact) mass is 246 g/mol. The number of anilines is 1. The molecule has 0 bridgehead atoms. The molecule has 1 aliphatic heterocycles. The van der Waals surface area contributed by atoms with Crippen LogP contribution in [0.4, 0.5) is 5.69 Å². The van der Waals surface area contributed by atoms with E-state index in [1.807, 2.05) is 13.1 Å². The third-order valence-corrected chi connectivity index (χ3v) is 4.88. The van der Waals surface area contributed by atoms with Crippen LogP contribution in [0.15, 0.2) is 18.3 Å². The first-order valence-electron chi connectivity index (χ1n) is 7.03. The first kappa shape index (κ1) is 12.0. The molecule has 1 N–H and O–H groups in total. The maximum Gasteiger partial charge on any atom is 0.0588 e. The van der Waals surface area contributed by atoms with Crippen molar-refractivity contribution in [2.45, 2.75) is 39.2 Å². The molecule has 3 nitrogen and oxygen atoms in total. The van der Waals surface area contributed by atoms with Crippen LogP contribution >= 0.6 is 0 Å². The molecule has 98 valence electrons. The van der Waals surface area contributed by atoms with Gasteiger partial charge in [0.2, 0.25) is 0 Å². The maximum atomic E-state index is 9.98. The van der Waals surface area contributed by atoms with Gasteiger partial charge in [-0.25, -0.2) is 0 Å². The van der Waals surface area contributed by atoms with E-state index in [9.17, 15) is 5.11 Å². The van der Waals surface area contributed by atoms with Crippen molar-refractivity contribution < 1.29 is 5.11 Å². The van der Waals surface area contributed by atoms with Crippen molar-refractivity contribution in [1.29, 1.82) is 0 Å². The Labute approximate surface area is 109 Å². The molecule has 1 aromatic heterocycles. The Morgan fingerprint density at radius 1 is 1.56 bits per heavy atom. The summed E-state index contributed by atoms with van der Waals surface area (Å²) in [6.45, 7) is 6.16. The number of aromatic nitrogens is 1. The minimum absolute atomic E-state index is 0.168. The number of pyridine rings is 1. The van der Waals surface area contributed by atoms with Gasteiger partial charge in [0.25, 0.3) is 0 Å². The van der Waals surface area contributed by atoms with E-state index in [4.69, 9.17) is 0 Å². The summed E-state index contributed by atoms with van der Waals surface area (Å²) in [6.07, 6.45) is 5.19. The van der Waals surface area contributed by atoms with Gasteiger partial charge in [-0.15, -0.1) is 0 Å². The number of aliphatic hydroxyl groups is 1. The Bertz CT molecular complexity index is 429. The average Bonchev–Trinajstić information content (AvgIpc) is 3.14. The van der Waals surface area contributed by atoms with Crippen LogP contribution in [0.2, 0.25) is 0 Å². The minimum Gasteiger partial charge on any atom is -0.393 e. The minimum atomic E-state index is -0.187. The molecule has 0 radical (unpaired) electrons. The zero-order chi connectivity index (χ0) is 12.8. The van der Waals surface area contributed by atoms with E-state index >= 15 is 0 Å². The quantitative estimate of drug-likeness (QED) is 0.888. The number of piperidine rings is 1. The van der Waals surface area contributed by atoms with Gasteiger partial charge in [-0.3, -0.25) is 4.98 Å². The molecular formula is C15H22N2O. The molecule has 0 spiro atoms. The molecule has 3 heteroatoms. The predicted octanol–water partition coefficient (Wildman–Crippen LogP) is 2.24. The summed E-state index contributed by atoms with van der Waals surface area (Å²) >= 11 is 0. The number of nitrogens with zero attached hydrogens (tertiary/aromatic N) is 2.